The van der Waals surface area contributed by atoms with Gasteiger partial charge in [-0.05, 0) is 6.42 Å². The lowest BCUT2D eigenvalue weighted by molar-refractivity contribution is 0.137. The van der Waals surface area contributed by atoms with Crippen molar-refractivity contribution in [3.8, 4) is 0 Å². The highest BCUT2D eigenvalue weighted by atomic mass is 16.3. The van der Waals surface area contributed by atoms with Gasteiger partial charge < -0.3 is 15.4 Å². The van der Waals surface area contributed by atoms with Gasteiger partial charge >= 0.3 is 0 Å². The Morgan fingerprint density at radius 3 is 2.83 bits per heavy atom. The van der Waals surface area contributed by atoms with Gasteiger partial charge in [-0.15, -0.1) is 0 Å². The number of nitrogens with two attached hydrogens (primary N) is 1. The molecule has 0 spiro atoms. The van der Waals surface area contributed by atoms with Crippen molar-refractivity contribution in [3.05, 3.63) is 18.2 Å². The zero-order valence-corrected chi connectivity index (χ0v) is 7.44. The molecule has 0 amide bonds. The molecular weight excluding hydrogens is 154 g/mol. The minimum absolute atomic E-state index is 0.208. The molecule has 0 bridgehead atoms. The molecule has 1 aromatic rings. The van der Waals surface area contributed by atoms with E-state index in [1.54, 1.807) is 17.1 Å². The van der Waals surface area contributed by atoms with Gasteiger partial charge in [0, 0.05) is 13.1 Å². The van der Waals surface area contributed by atoms with Crippen LogP contribution in [0.3, 0.4) is 0 Å². The van der Waals surface area contributed by atoms with Gasteiger partial charge in [-0.1, -0.05) is 6.92 Å². The van der Waals surface area contributed by atoms with Crippen molar-refractivity contribution < 1.29 is 5.11 Å². The lowest BCUT2D eigenvalue weighted by Gasteiger charge is -2.16. The van der Waals surface area contributed by atoms with Gasteiger partial charge in [0.1, 0.15) is 6.10 Å². The predicted octanol–water partition coefficient (Wildman–Crippen LogP) is 0.191. The molecule has 0 aliphatic rings. The van der Waals surface area contributed by atoms with E-state index in [4.69, 9.17) is 5.73 Å². The van der Waals surface area contributed by atoms with Crippen molar-refractivity contribution in [3.63, 3.8) is 0 Å². The molecule has 1 rings (SSSR count). The Bertz CT molecular complexity index is 246. The van der Waals surface area contributed by atoms with Crippen LogP contribution in [0, 0.1) is 0 Å². The van der Waals surface area contributed by atoms with Crippen LogP contribution in [-0.2, 0) is 7.05 Å². The van der Waals surface area contributed by atoms with E-state index in [0.29, 0.717) is 0 Å². The van der Waals surface area contributed by atoms with Crippen molar-refractivity contribution >= 4 is 0 Å². The average Bonchev–Trinajstić information content (AvgIpc) is 2.48. The molecule has 1 heterocycles. The van der Waals surface area contributed by atoms with Crippen LogP contribution in [0.2, 0.25) is 0 Å². The second-order valence-corrected chi connectivity index (χ2v) is 2.95. The molecule has 3 N–H and O–H groups in total. The molecule has 1 aromatic heterocycles. The second kappa shape index (κ2) is 3.69. The second-order valence-electron chi connectivity index (χ2n) is 2.95. The molecule has 0 unspecified atom stereocenters. The number of aliphatic hydroxyl groups is 1. The third-order valence-electron chi connectivity index (χ3n) is 2.03. The fourth-order valence-electron chi connectivity index (χ4n) is 1.10. The molecule has 0 fully saturated rings. The van der Waals surface area contributed by atoms with Crippen molar-refractivity contribution in [2.24, 2.45) is 12.8 Å². The van der Waals surface area contributed by atoms with Crippen LogP contribution in [0.25, 0.3) is 0 Å². The maximum atomic E-state index is 9.67. The summed E-state index contributed by atoms with van der Waals surface area (Å²) in [6.45, 7) is 1.95. The summed E-state index contributed by atoms with van der Waals surface area (Å²) in [5.74, 6) is 0. The minimum Gasteiger partial charge on any atom is -0.385 e. The van der Waals surface area contributed by atoms with E-state index in [0.717, 1.165) is 12.1 Å². The Hall–Kier alpha value is -0.870. The highest BCUT2D eigenvalue weighted by molar-refractivity contribution is 5.04. The number of hydrogen-bond donors (Lipinski definition) is 2. The van der Waals surface area contributed by atoms with Crippen LogP contribution >= 0.6 is 0 Å². The number of aromatic nitrogens is 2. The van der Waals surface area contributed by atoms with Crippen LogP contribution in [-0.4, -0.2) is 20.7 Å². The van der Waals surface area contributed by atoms with Crippen LogP contribution in [0.5, 0.6) is 0 Å². The van der Waals surface area contributed by atoms with E-state index >= 15 is 0 Å². The Labute approximate surface area is 72.0 Å². The molecule has 2 atom stereocenters. The number of aliphatic hydroxyl groups excluding tert-OH is 1. The van der Waals surface area contributed by atoms with Gasteiger partial charge in [-0.25, -0.2) is 4.98 Å². The maximum absolute atomic E-state index is 9.67. The fourth-order valence-corrected chi connectivity index (χ4v) is 1.10. The van der Waals surface area contributed by atoms with Crippen LogP contribution in [0.4, 0.5) is 0 Å². The first-order valence-electron chi connectivity index (χ1n) is 4.06. The number of nitrogens with zero attached hydrogens (tertiary/aromatic N) is 2. The summed E-state index contributed by atoms with van der Waals surface area (Å²) in [6.07, 6.45) is 3.44. The zero-order valence-electron chi connectivity index (χ0n) is 7.44. The third-order valence-corrected chi connectivity index (χ3v) is 2.03. The summed E-state index contributed by atoms with van der Waals surface area (Å²) in [6, 6.07) is -0.208. The minimum atomic E-state index is -0.609. The normalized spacial score (nSPS) is 16.0. The Balaban J connectivity index is 2.77. The molecule has 0 radical (unpaired) electrons. The highest BCUT2D eigenvalue weighted by Crippen LogP contribution is 2.15. The molecule has 0 aliphatic carbocycles. The van der Waals surface area contributed by atoms with E-state index in [2.05, 4.69) is 4.98 Å². The Morgan fingerprint density at radius 2 is 2.42 bits per heavy atom. The monoisotopic (exact) mass is 169 g/mol. The molecule has 12 heavy (non-hydrogen) atoms. The first-order chi connectivity index (χ1) is 5.66. The van der Waals surface area contributed by atoms with E-state index in [9.17, 15) is 5.11 Å². The molecule has 4 heteroatoms. The average molecular weight is 169 g/mol. The topological polar surface area (TPSA) is 64.1 Å². The SMILES string of the molecule is CC[C@@H](N)[C@H](O)c1cncn1C. The summed E-state index contributed by atoms with van der Waals surface area (Å²) in [7, 11) is 1.84. The van der Waals surface area contributed by atoms with E-state index in [-0.39, 0.29) is 6.04 Å². The quantitative estimate of drug-likeness (QED) is 0.679. The number of imidazole rings is 1. The number of hydrogen-bond acceptors (Lipinski definition) is 3. The lowest BCUT2D eigenvalue weighted by atomic mass is 10.1. The van der Waals surface area contributed by atoms with E-state index in [1.807, 2.05) is 14.0 Å². The fraction of sp³-hybridized carbons (Fsp3) is 0.625. The van der Waals surface area contributed by atoms with E-state index in [1.165, 1.54) is 0 Å². The summed E-state index contributed by atoms with van der Waals surface area (Å²) < 4.78 is 1.78. The third kappa shape index (κ3) is 1.65. The van der Waals surface area contributed by atoms with Crippen molar-refractivity contribution in [1.29, 1.82) is 0 Å². The van der Waals surface area contributed by atoms with E-state index < -0.39 is 6.10 Å². The van der Waals surface area contributed by atoms with Gasteiger partial charge in [-0.3, -0.25) is 0 Å². The summed E-state index contributed by atoms with van der Waals surface area (Å²) in [4.78, 5) is 3.91. The summed E-state index contributed by atoms with van der Waals surface area (Å²) >= 11 is 0. The van der Waals surface area contributed by atoms with Crippen molar-refractivity contribution in [2.45, 2.75) is 25.5 Å². The van der Waals surface area contributed by atoms with Gasteiger partial charge in [0.25, 0.3) is 0 Å². The summed E-state index contributed by atoms with van der Waals surface area (Å²) in [5.41, 5.74) is 6.45. The van der Waals surface area contributed by atoms with Gasteiger partial charge in [0.15, 0.2) is 0 Å². The first-order valence-corrected chi connectivity index (χ1v) is 4.06. The molecular formula is C8H15N3O. The van der Waals surface area contributed by atoms with Crippen molar-refractivity contribution in [1.82, 2.24) is 9.55 Å². The van der Waals surface area contributed by atoms with Crippen molar-refractivity contribution in [2.75, 3.05) is 0 Å². The zero-order chi connectivity index (χ0) is 9.14. The largest absolute Gasteiger partial charge is 0.385 e. The van der Waals surface area contributed by atoms with Gasteiger partial charge in [0.2, 0.25) is 0 Å². The first kappa shape index (κ1) is 9.22. The molecule has 0 saturated carbocycles. The Morgan fingerprint density at radius 1 is 1.75 bits per heavy atom. The maximum Gasteiger partial charge on any atom is 0.111 e. The number of aryl methyl sites for hydroxylation is 1. The predicted molar refractivity (Wildman–Crippen MR) is 46.4 cm³/mol. The Kier molecular flexibility index (Phi) is 2.83. The molecule has 0 saturated heterocycles. The highest BCUT2D eigenvalue weighted by Gasteiger charge is 2.17. The van der Waals surface area contributed by atoms with Gasteiger partial charge in [-0.2, -0.15) is 0 Å². The van der Waals surface area contributed by atoms with Crippen LogP contribution in [0.15, 0.2) is 12.5 Å². The summed E-state index contributed by atoms with van der Waals surface area (Å²) in [5, 5.41) is 9.67. The van der Waals surface area contributed by atoms with Gasteiger partial charge in [0.05, 0.1) is 18.2 Å². The lowest BCUT2D eigenvalue weighted by Crippen LogP contribution is -2.28. The van der Waals surface area contributed by atoms with Crippen LogP contribution < -0.4 is 5.73 Å². The smallest absolute Gasteiger partial charge is 0.111 e. The standard InChI is InChI=1S/C8H15N3O/c1-3-6(9)8(12)7-4-10-5-11(7)2/h4-6,8,12H,3,9H2,1-2H3/t6-,8+/m1/s1. The molecule has 0 aliphatic heterocycles. The van der Waals surface area contributed by atoms with Crippen LogP contribution in [0.1, 0.15) is 25.1 Å². The molecule has 68 valence electrons. The molecule has 4 nitrogen and oxygen atoms in total. The molecule has 0 aromatic carbocycles. The number of rotatable bonds is 3.